The number of aromatic nitrogens is 1. The molecule has 112 valence electrons. The number of benzene rings is 1. The Morgan fingerprint density at radius 3 is 2.48 bits per heavy atom. The van der Waals surface area contributed by atoms with Gasteiger partial charge in [0.2, 0.25) is 0 Å². The number of aryl methyl sites for hydroxylation is 1. The molecule has 0 aliphatic carbocycles. The van der Waals surface area contributed by atoms with Crippen molar-refractivity contribution in [3.05, 3.63) is 33.6 Å². The first-order valence-electron chi connectivity index (χ1n) is 5.95. The predicted molar refractivity (Wildman–Crippen MR) is 79.3 cm³/mol. The third kappa shape index (κ3) is 3.82. The molecular formula is C13H10BrF3N2OS. The van der Waals surface area contributed by atoms with Gasteiger partial charge in [0, 0.05) is 14.9 Å². The number of halogens is 4. The van der Waals surface area contributed by atoms with E-state index in [1.807, 2.05) is 31.2 Å². The smallest absolute Gasteiger partial charge is 0.294 e. The van der Waals surface area contributed by atoms with E-state index in [0.717, 1.165) is 26.3 Å². The molecule has 21 heavy (non-hydrogen) atoms. The van der Waals surface area contributed by atoms with Gasteiger partial charge >= 0.3 is 12.1 Å². The summed E-state index contributed by atoms with van der Waals surface area (Å²) in [7, 11) is 0. The molecule has 0 aliphatic heterocycles. The van der Waals surface area contributed by atoms with E-state index in [0.29, 0.717) is 12.1 Å². The highest BCUT2D eigenvalue weighted by atomic mass is 79.9. The molecule has 1 aromatic carbocycles. The summed E-state index contributed by atoms with van der Waals surface area (Å²) in [6.07, 6.45) is -4.30. The van der Waals surface area contributed by atoms with Gasteiger partial charge in [0.25, 0.3) is 0 Å². The van der Waals surface area contributed by atoms with Crippen molar-refractivity contribution in [3.63, 3.8) is 0 Å². The van der Waals surface area contributed by atoms with Crippen molar-refractivity contribution in [2.45, 2.75) is 19.5 Å². The van der Waals surface area contributed by atoms with Crippen LogP contribution in [0.1, 0.15) is 11.8 Å². The average molecular weight is 379 g/mol. The first-order chi connectivity index (χ1) is 9.81. The van der Waals surface area contributed by atoms with Crippen molar-refractivity contribution >= 4 is 38.3 Å². The number of thiazole rings is 1. The van der Waals surface area contributed by atoms with E-state index in [4.69, 9.17) is 0 Å². The lowest BCUT2D eigenvalue weighted by atomic mass is 10.1. The quantitative estimate of drug-likeness (QED) is 0.845. The summed E-state index contributed by atoms with van der Waals surface area (Å²) in [5.41, 5.74) is 1.38. The minimum atomic E-state index is -4.92. The molecule has 3 nitrogen and oxygen atoms in total. The van der Waals surface area contributed by atoms with Gasteiger partial charge in [-0.25, -0.2) is 4.98 Å². The van der Waals surface area contributed by atoms with Crippen molar-refractivity contribution in [1.82, 2.24) is 4.98 Å². The van der Waals surface area contributed by atoms with Gasteiger partial charge in [0.1, 0.15) is 0 Å². The van der Waals surface area contributed by atoms with Crippen LogP contribution >= 0.6 is 27.3 Å². The highest BCUT2D eigenvalue weighted by molar-refractivity contribution is 9.10. The molecule has 0 aliphatic rings. The monoisotopic (exact) mass is 378 g/mol. The van der Waals surface area contributed by atoms with Crippen molar-refractivity contribution in [2.24, 2.45) is 0 Å². The second kappa shape index (κ2) is 6.15. The standard InChI is InChI=1S/C13H10BrF3N2OS/c1-2-9-10(7-3-5-8(14)6-4-7)18-12(21-9)19-11(20)13(15,16)17/h3-6H,2H2,1H3,(H,18,19,20). The maximum atomic E-state index is 12.3. The fraction of sp³-hybridized carbons (Fsp3) is 0.231. The number of hydrogen-bond acceptors (Lipinski definition) is 3. The van der Waals surface area contributed by atoms with E-state index < -0.39 is 12.1 Å². The molecule has 0 saturated heterocycles. The van der Waals surface area contributed by atoms with Crippen molar-refractivity contribution in [1.29, 1.82) is 0 Å². The number of nitrogens with zero attached hydrogens (tertiary/aromatic N) is 1. The molecular weight excluding hydrogens is 369 g/mol. The Kier molecular flexibility index (Phi) is 4.67. The number of alkyl halides is 3. The van der Waals surface area contributed by atoms with Crippen LogP contribution in [0.25, 0.3) is 11.3 Å². The molecule has 0 unspecified atom stereocenters. The minimum Gasteiger partial charge on any atom is -0.294 e. The number of carbonyl (C=O) groups is 1. The van der Waals surface area contributed by atoms with Crippen LogP contribution in [0, 0.1) is 0 Å². The van der Waals surface area contributed by atoms with Crippen LogP contribution in [0.3, 0.4) is 0 Å². The molecule has 0 fully saturated rings. The normalized spacial score (nSPS) is 11.5. The van der Waals surface area contributed by atoms with Crippen molar-refractivity contribution in [2.75, 3.05) is 5.32 Å². The summed E-state index contributed by atoms with van der Waals surface area (Å²) >= 11 is 4.36. The number of carbonyl (C=O) groups excluding carboxylic acids is 1. The van der Waals surface area contributed by atoms with Crippen LogP contribution < -0.4 is 5.32 Å². The largest absolute Gasteiger partial charge is 0.471 e. The number of amides is 1. The van der Waals surface area contributed by atoms with Crippen LogP contribution in [-0.2, 0) is 11.2 Å². The zero-order chi connectivity index (χ0) is 15.6. The van der Waals surface area contributed by atoms with Gasteiger partial charge in [-0.3, -0.25) is 10.1 Å². The van der Waals surface area contributed by atoms with E-state index in [9.17, 15) is 18.0 Å². The molecule has 2 rings (SSSR count). The third-order valence-electron chi connectivity index (χ3n) is 2.61. The SMILES string of the molecule is CCc1sc(NC(=O)C(F)(F)F)nc1-c1ccc(Br)cc1. The fourth-order valence-corrected chi connectivity index (χ4v) is 2.83. The molecule has 0 saturated carbocycles. The molecule has 1 heterocycles. The van der Waals surface area contributed by atoms with Gasteiger partial charge in [0.05, 0.1) is 5.69 Å². The third-order valence-corrected chi connectivity index (χ3v) is 4.26. The van der Waals surface area contributed by atoms with Crippen molar-refractivity contribution < 1.29 is 18.0 Å². The van der Waals surface area contributed by atoms with Gasteiger partial charge in [-0.05, 0) is 18.6 Å². The second-order valence-electron chi connectivity index (χ2n) is 4.10. The summed E-state index contributed by atoms with van der Waals surface area (Å²) < 4.78 is 37.6. The summed E-state index contributed by atoms with van der Waals surface area (Å²) in [4.78, 5) is 15.9. The zero-order valence-corrected chi connectivity index (χ0v) is 13.2. The Balaban J connectivity index is 2.32. The minimum absolute atomic E-state index is 0.0490. The Bertz CT molecular complexity index is 652. The van der Waals surface area contributed by atoms with Gasteiger partial charge in [0.15, 0.2) is 5.13 Å². The lowest BCUT2D eigenvalue weighted by Gasteiger charge is -2.04. The van der Waals surface area contributed by atoms with Gasteiger partial charge in [-0.1, -0.05) is 35.0 Å². The Morgan fingerprint density at radius 1 is 1.33 bits per heavy atom. The molecule has 0 bridgehead atoms. The van der Waals surface area contributed by atoms with E-state index in [2.05, 4.69) is 20.9 Å². The highest BCUT2D eigenvalue weighted by Crippen LogP contribution is 2.32. The highest BCUT2D eigenvalue weighted by Gasteiger charge is 2.39. The van der Waals surface area contributed by atoms with Gasteiger partial charge < -0.3 is 0 Å². The second-order valence-corrected chi connectivity index (χ2v) is 6.10. The first kappa shape index (κ1) is 16.0. The Labute approximate surface area is 131 Å². The first-order valence-corrected chi connectivity index (χ1v) is 7.56. The fourth-order valence-electron chi connectivity index (χ4n) is 1.65. The molecule has 2 aromatic rings. The van der Waals surface area contributed by atoms with Crippen LogP contribution in [0.5, 0.6) is 0 Å². The summed E-state index contributed by atoms with van der Waals surface area (Å²) in [6, 6.07) is 7.27. The van der Waals surface area contributed by atoms with Gasteiger partial charge in [-0.15, -0.1) is 11.3 Å². The molecule has 1 amide bonds. The molecule has 1 aromatic heterocycles. The van der Waals surface area contributed by atoms with Crippen LogP contribution in [0.2, 0.25) is 0 Å². The van der Waals surface area contributed by atoms with Gasteiger partial charge in [-0.2, -0.15) is 13.2 Å². The number of rotatable bonds is 3. The summed E-state index contributed by atoms with van der Waals surface area (Å²) in [5.74, 6) is -2.01. The molecule has 0 spiro atoms. The molecule has 1 N–H and O–H groups in total. The Hall–Kier alpha value is -1.41. The lowest BCUT2D eigenvalue weighted by Crippen LogP contribution is -2.29. The van der Waals surface area contributed by atoms with E-state index in [1.54, 1.807) is 5.32 Å². The topological polar surface area (TPSA) is 42.0 Å². The predicted octanol–water partition coefficient (Wildman–Crippen LogP) is 4.64. The van der Waals surface area contributed by atoms with Crippen LogP contribution in [-0.4, -0.2) is 17.1 Å². The van der Waals surface area contributed by atoms with Crippen molar-refractivity contribution in [3.8, 4) is 11.3 Å². The van der Waals surface area contributed by atoms with E-state index >= 15 is 0 Å². The van der Waals surface area contributed by atoms with E-state index in [1.165, 1.54) is 0 Å². The summed E-state index contributed by atoms with van der Waals surface area (Å²) in [5, 5.41) is 1.74. The number of nitrogens with one attached hydrogen (secondary N) is 1. The number of hydrogen-bond donors (Lipinski definition) is 1. The van der Waals surface area contributed by atoms with E-state index in [-0.39, 0.29) is 5.13 Å². The molecule has 0 radical (unpaired) electrons. The number of anilines is 1. The van der Waals surface area contributed by atoms with Crippen LogP contribution in [0.15, 0.2) is 28.7 Å². The molecule has 8 heteroatoms. The maximum absolute atomic E-state index is 12.3. The average Bonchev–Trinajstić information content (AvgIpc) is 2.81. The lowest BCUT2D eigenvalue weighted by molar-refractivity contribution is -0.167. The zero-order valence-electron chi connectivity index (χ0n) is 10.8. The molecule has 0 atom stereocenters. The Morgan fingerprint density at radius 2 is 1.95 bits per heavy atom. The van der Waals surface area contributed by atoms with Crippen LogP contribution in [0.4, 0.5) is 18.3 Å². The maximum Gasteiger partial charge on any atom is 0.471 e. The summed E-state index contributed by atoms with van der Waals surface area (Å²) in [6.45, 7) is 1.88.